The Bertz CT molecular complexity index is 1090. The number of rotatable bonds is 4. The van der Waals surface area contributed by atoms with Crippen LogP contribution >= 0.6 is 22.9 Å². The van der Waals surface area contributed by atoms with Gasteiger partial charge in [0.15, 0.2) is 11.4 Å². The molecule has 3 N–H and O–H groups in total. The van der Waals surface area contributed by atoms with Crippen molar-refractivity contribution in [3.05, 3.63) is 45.2 Å². The number of halogens is 1. The van der Waals surface area contributed by atoms with Gasteiger partial charge in [-0.3, -0.25) is 19.0 Å². The van der Waals surface area contributed by atoms with Crippen LogP contribution in [-0.4, -0.2) is 38.2 Å². The maximum atomic E-state index is 12.4. The van der Waals surface area contributed by atoms with E-state index in [0.717, 1.165) is 21.5 Å². The second-order valence-electron chi connectivity index (χ2n) is 5.34. The Balaban J connectivity index is 2.15. The molecule has 3 rings (SSSR count). The first-order valence-corrected chi connectivity index (χ1v) is 8.47. The number of fused-ring (bicyclic) bond motifs is 1. The zero-order valence-corrected chi connectivity index (χ0v) is 14.9. The van der Waals surface area contributed by atoms with E-state index >= 15 is 0 Å². The first-order chi connectivity index (χ1) is 12.3. The van der Waals surface area contributed by atoms with Gasteiger partial charge in [-0.2, -0.15) is 0 Å². The van der Waals surface area contributed by atoms with Crippen LogP contribution < -0.4 is 10.9 Å². The van der Waals surface area contributed by atoms with Crippen molar-refractivity contribution < 1.29 is 19.8 Å². The van der Waals surface area contributed by atoms with Crippen molar-refractivity contribution in [2.24, 2.45) is 7.05 Å². The normalized spacial score (nSPS) is 10.8. The van der Waals surface area contributed by atoms with Crippen molar-refractivity contribution in [1.29, 1.82) is 0 Å². The van der Waals surface area contributed by atoms with Crippen LogP contribution in [0, 0.1) is 0 Å². The van der Waals surface area contributed by atoms with Gasteiger partial charge >= 0.3 is 5.97 Å². The van der Waals surface area contributed by atoms with Gasteiger partial charge in [0, 0.05) is 17.6 Å². The molecule has 0 unspecified atom stereocenters. The first-order valence-electron chi connectivity index (χ1n) is 7.28. The Labute approximate surface area is 155 Å². The maximum Gasteiger partial charge on any atom is 0.322 e. The number of carboxylic acids is 1. The lowest BCUT2D eigenvalue weighted by Crippen LogP contribution is -2.35. The zero-order valence-electron chi connectivity index (χ0n) is 13.3. The minimum Gasteiger partial charge on any atom is -0.505 e. The van der Waals surface area contributed by atoms with Crippen LogP contribution in [-0.2, 0) is 11.8 Å². The number of hydrogen-bond acceptors (Lipinski definition) is 6. The number of nitrogens with zero attached hydrogens (tertiary/aromatic N) is 2. The molecule has 8 nitrogen and oxygen atoms in total. The number of nitrogens with one attached hydrogen (secondary N) is 1. The van der Waals surface area contributed by atoms with Crippen molar-refractivity contribution >= 4 is 45.2 Å². The fourth-order valence-electron chi connectivity index (χ4n) is 2.34. The Hall–Kier alpha value is -2.91. The molecule has 3 aromatic rings. The van der Waals surface area contributed by atoms with Gasteiger partial charge in [-0.25, -0.2) is 4.98 Å². The zero-order chi connectivity index (χ0) is 19.0. The predicted octanol–water partition coefficient (Wildman–Crippen LogP) is 1.84. The Kier molecular flexibility index (Phi) is 4.66. The standard InChI is InChI=1S/C16H12ClN3O5S/c1-20-13-12(26-15(19-13)7-2-4-8(17)5-3-7)11(23)10(16(20)25)14(24)18-6-9(21)22/h2-5,23H,6H2,1H3,(H,18,24)(H,21,22). The van der Waals surface area contributed by atoms with Gasteiger partial charge < -0.3 is 15.5 Å². The number of aryl methyl sites for hydroxylation is 1. The van der Waals surface area contributed by atoms with Crippen molar-refractivity contribution in [2.75, 3.05) is 6.54 Å². The van der Waals surface area contributed by atoms with Gasteiger partial charge in [0.2, 0.25) is 0 Å². The van der Waals surface area contributed by atoms with E-state index in [4.69, 9.17) is 16.7 Å². The number of aromatic nitrogens is 2. The molecule has 0 bridgehead atoms. The second kappa shape index (κ2) is 6.77. The molecule has 2 heterocycles. The highest BCUT2D eigenvalue weighted by atomic mass is 35.5. The van der Waals surface area contributed by atoms with E-state index in [1.165, 1.54) is 7.05 Å². The van der Waals surface area contributed by atoms with Crippen LogP contribution in [0.5, 0.6) is 5.75 Å². The molecule has 0 aliphatic heterocycles. The lowest BCUT2D eigenvalue weighted by molar-refractivity contribution is -0.135. The number of pyridine rings is 1. The Morgan fingerprint density at radius 2 is 1.96 bits per heavy atom. The molecular weight excluding hydrogens is 382 g/mol. The molecule has 0 radical (unpaired) electrons. The third-order valence-electron chi connectivity index (χ3n) is 3.62. The molecule has 0 spiro atoms. The Morgan fingerprint density at radius 3 is 2.58 bits per heavy atom. The minimum absolute atomic E-state index is 0.220. The van der Waals surface area contributed by atoms with Gasteiger partial charge in [0.1, 0.15) is 21.8 Å². The molecule has 134 valence electrons. The van der Waals surface area contributed by atoms with Crippen LogP contribution in [0.2, 0.25) is 5.02 Å². The number of carboxylic acid groups (broad SMARTS) is 1. The highest BCUT2D eigenvalue weighted by Crippen LogP contribution is 2.36. The number of benzene rings is 1. The van der Waals surface area contributed by atoms with Crippen LogP contribution in [0.1, 0.15) is 10.4 Å². The third kappa shape index (κ3) is 3.14. The van der Waals surface area contributed by atoms with Gasteiger partial charge in [0.05, 0.1) is 0 Å². The summed E-state index contributed by atoms with van der Waals surface area (Å²) in [6.45, 7) is -0.668. The average molecular weight is 394 g/mol. The number of thiazole rings is 1. The van der Waals surface area contributed by atoms with E-state index in [1.807, 2.05) is 0 Å². The highest BCUT2D eigenvalue weighted by Gasteiger charge is 2.24. The molecule has 0 fully saturated rings. The number of amides is 1. The molecule has 10 heteroatoms. The number of carbonyl (C=O) groups is 2. The van der Waals surface area contributed by atoms with Crippen molar-refractivity contribution in [2.45, 2.75) is 0 Å². The van der Waals surface area contributed by atoms with E-state index in [2.05, 4.69) is 10.3 Å². The largest absolute Gasteiger partial charge is 0.505 e. The maximum absolute atomic E-state index is 12.4. The lowest BCUT2D eigenvalue weighted by Gasteiger charge is -2.07. The number of aromatic hydroxyl groups is 1. The first kappa shape index (κ1) is 17.9. The van der Waals surface area contributed by atoms with Crippen molar-refractivity contribution in [3.63, 3.8) is 0 Å². The average Bonchev–Trinajstić information content (AvgIpc) is 3.04. The van der Waals surface area contributed by atoms with Crippen LogP contribution in [0.15, 0.2) is 29.1 Å². The van der Waals surface area contributed by atoms with E-state index in [1.54, 1.807) is 24.3 Å². The van der Waals surface area contributed by atoms with Crippen LogP contribution in [0.25, 0.3) is 20.9 Å². The summed E-state index contributed by atoms with van der Waals surface area (Å²) in [5.41, 5.74) is -0.338. The molecule has 0 saturated carbocycles. The summed E-state index contributed by atoms with van der Waals surface area (Å²) in [7, 11) is 1.42. The molecule has 0 saturated heterocycles. The van der Waals surface area contributed by atoms with E-state index in [9.17, 15) is 19.5 Å². The highest BCUT2D eigenvalue weighted by molar-refractivity contribution is 7.22. The monoisotopic (exact) mass is 393 g/mol. The summed E-state index contributed by atoms with van der Waals surface area (Å²) in [5.74, 6) is -2.75. The molecule has 1 aromatic carbocycles. The summed E-state index contributed by atoms with van der Waals surface area (Å²) < 4.78 is 1.39. The summed E-state index contributed by atoms with van der Waals surface area (Å²) in [6.07, 6.45) is 0. The SMILES string of the molecule is Cn1c(=O)c(C(=O)NCC(=O)O)c(O)c2sc(-c3ccc(Cl)cc3)nc21. The van der Waals surface area contributed by atoms with Gasteiger partial charge in [-0.1, -0.05) is 23.7 Å². The van der Waals surface area contributed by atoms with Crippen LogP contribution in [0.4, 0.5) is 0 Å². The summed E-state index contributed by atoms with van der Waals surface area (Å²) >= 11 is 6.97. The quantitative estimate of drug-likeness (QED) is 0.621. The summed E-state index contributed by atoms with van der Waals surface area (Å²) in [4.78, 5) is 39.5. The third-order valence-corrected chi connectivity index (χ3v) is 4.97. The smallest absolute Gasteiger partial charge is 0.322 e. The van der Waals surface area contributed by atoms with Crippen molar-refractivity contribution in [3.8, 4) is 16.3 Å². The molecular formula is C16H12ClN3O5S. The molecule has 0 aliphatic rings. The number of aliphatic carboxylic acids is 1. The molecule has 0 aliphatic carbocycles. The Morgan fingerprint density at radius 1 is 1.31 bits per heavy atom. The summed E-state index contributed by atoms with van der Waals surface area (Å²) in [6, 6.07) is 6.87. The fourth-order valence-corrected chi connectivity index (χ4v) is 3.52. The molecule has 26 heavy (non-hydrogen) atoms. The van der Waals surface area contributed by atoms with Gasteiger partial charge in [-0.05, 0) is 12.1 Å². The fraction of sp³-hybridized carbons (Fsp3) is 0.125. The van der Waals surface area contributed by atoms with E-state index < -0.39 is 35.3 Å². The number of carbonyl (C=O) groups excluding carboxylic acids is 1. The molecule has 1 amide bonds. The van der Waals surface area contributed by atoms with Crippen LogP contribution in [0.3, 0.4) is 0 Å². The topological polar surface area (TPSA) is 122 Å². The van der Waals surface area contributed by atoms with E-state index in [0.29, 0.717) is 10.0 Å². The molecule has 2 aromatic heterocycles. The predicted molar refractivity (Wildman–Crippen MR) is 96.9 cm³/mol. The minimum atomic E-state index is -1.27. The summed E-state index contributed by atoms with van der Waals surface area (Å²) in [5, 5.41) is 22.2. The number of hydrogen-bond donors (Lipinski definition) is 3. The second-order valence-corrected chi connectivity index (χ2v) is 6.78. The lowest BCUT2D eigenvalue weighted by atomic mass is 10.2. The van der Waals surface area contributed by atoms with Crippen molar-refractivity contribution in [1.82, 2.24) is 14.9 Å². The molecule has 0 atom stereocenters. The van der Waals surface area contributed by atoms with Gasteiger partial charge in [0.25, 0.3) is 11.5 Å². The van der Waals surface area contributed by atoms with E-state index in [-0.39, 0.29) is 10.3 Å². The van der Waals surface area contributed by atoms with Gasteiger partial charge in [-0.15, -0.1) is 11.3 Å².